The zero-order chi connectivity index (χ0) is 15.5. The highest BCUT2D eigenvalue weighted by Crippen LogP contribution is 2.29. The summed E-state index contributed by atoms with van der Waals surface area (Å²) >= 11 is 5.96. The van der Waals surface area contributed by atoms with Gasteiger partial charge in [-0.05, 0) is 35.7 Å². The average Bonchev–Trinajstić information content (AvgIpc) is 2.48. The first kappa shape index (κ1) is 16.0. The van der Waals surface area contributed by atoms with Gasteiger partial charge in [0.2, 0.25) is 0 Å². The molecule has 0 aliphatic rings. The number of rotatable bonds is 5. The Morgan fingerprint density at radius 2 is 1.86 bits per heavy atom. The Labute approximate surface area is 130 Å². The molecule has 0 spiro atoms. The number of hydrogen-bond acceptors (Lipinski definition) is 2. The first-order valence-electron chi connectivity index (χ1n) is 6.90. The molecule has 0 aliphatic carbocycles. The highest BCUT2D eigenvalue weighted by molar-refractivity contribution is 6.30. The highest BCUT2D eigenvalue weighted by Gasteiger charge is 2.31. The van der Waals surface area contributed by atoms with Crippen LogP contribution in [0.2, 0.25) is 5.02 Å². The number of hydrazine groups is 1. The van der Waals surface area contributed by atoms with Gasteiger partial charge in [0.15, 0.2) is 0 Å². The van der Waals surface area contributed by atoms with Gasteiger partial charge in [0.1, 0.15) is 5.82 Å². The van der Waals surface area contributed by atoms with Crippen LogP contribution in [0.1, 0.15) is 25.0 Å². The smallest absolute Gasteiger partial charge is 0.126 e. The summed E-state index contributed by atoms with van der Waals surface area (Å²) in [4.78, 5) is 0. The van der Waals surface area contributed by atoms with E-state index in [0.29, 0.717) is 17.0 Å². The fourth-order valence-corrected chi connectivity index (χ4v) is 2.71. The molecule has 2 rings (SSSR count). The van der Waals surface area contributed by atoms with Gasteiger partial charge in [-0.15, -0.1) is 0 Å². The van der Waals surface area contributed by atoms with Gasteiger partial charge in [0.05, 0.1) is 0 Å². The molecule has 112 valence electrons. The van der Waals surface area contributed by atoms with Crippen LogP contribution < -0.4 is 11.3 Å². The standard InChI is InChI=1S/C17H20ClFN2/c1-17(2,13-6-4-3-5-7-13)16(21-20)11-12-10-14(18)8-9-15(12)19/h3-10,16,21H,11,20H2,1-2H3. The third-order valence-corrected chi connectivity index (χ3v) is 4.26. The molecular weight excluding hydrogens is 287 g/mol. The van der Waals surface area contributed by atoms with E-state index < -0.39 is 0 Å². The van der Waals surface area contributed by atoms with Crippen molar-refractivity contribution in [2.45, 2.75) is 31.7 Å². The lowest BCUT2D eigenvalue weighted by atomic mass is 9.75. The summed E-state index contributed by atoms with van der Waals surface area (Å²) < 4.78 is 13.9. The molecule has 21 heavy (non-hydrogen) atoms. The van der Waals surface area contributed by atoms with Gasteiger partial charge >= 0.3 is 0 Å². The van der Waals surface area contributed by atoms with Gasteiger partial charge in [-0.25, -0.2) is 4.39 Å². The van der Waals surface area contributed by atoms with Crippen molar-refractivity contribution in [3.8, 4) is 0 Å². The second kappa shape index (κ2) is 6.56. The average molecular weight is 307 g/mol. The number of nitrogens with one attached hydrogen (secondary N) is 1. The molecular formula is C17H20ClFN2. The molecule has 3 N–H and O–H groups in total. The Bertz CT molecular complexity index is 599. The van der Waals surface area contributed by atoms with Crippen LogP contribution in [-0.4, -0.2) is 6.04 Å². The molecule has 0 heterocycles. The van der Waals surface area contributed by atoms with E-state index in [-0.39, 0.29) is 17.3 Å². The monoisotopic (exact) mass is 306 g/mol. The molecule has 0 saturated heterocycles. The Balaban J connectivity index is 2.29. The quantitative estimate of drug-likeness (QED) is 0.651. The maximum atomic E-state index is 13.9. The molecule has 2 aromatic carbocycles. The molecule has 0 aromatic heterocycles. The highest BCUT2D eigenvalue weighted by atomic mass is 35.5. The maximum Gasteiger partial charge on any atom is 0.126 e. The Hall–Kier alpha value is -1.42. The third-order valence-electron chi connectivity index (χ3n) is 4.02. The summed E-state index contributed by atoms with van der Waals surface area (Å²) in [5.74, 6) is 5.47. The number of benzene rings is 2. The normalized spacial score (nSPS) is 13.2. The first-order chi connectivity index (χ1) is 9.95. The fraction of sp³-hybridized carbons (Fsp3) is 0.294. The van der Waals surface area contributed by atoms with Crippen LogP contribution in [0, 0.1) is 5.82 Å². The number of hydrogen-bond donors (Lipinski definition) is 2. The zero-order valence-electron chi connectivity index (χ0n) is 12.2. The lowest BCUT2D eigenvalue weighted by Crippen LogP contribution is -2.49. The predicted molar refractivity (Wildman–Crippen MR) is 85.7 cm³/mol. The van der Waals surface area contributed by atoms with Crippen LogP contribution in [0.25, 0.3) is 0 Å². The topological polar surface area (TPSA) is 38.0 Å². The van der Waals surface area contributed by atoms with Gasteiger partial charge in [0, 0.05) is 16.5 Å². The molecule has 4 heteroatoms. The number of nitrogens with two attached hydrogens (primary N) is 1. The molecule has 1 atom stereocenters. The second-order valence-corrected chi connectivity index (χ2v) is 6.18. The minimum Gasteiger partial charge on any atom is -0.271 e. The molecule has 0 fully saturated rings. The van der Waals surface area contributed by atoms with Crippen LogP contribution in [0.3, 0.4) is 0 Å². The van der Waals surface area contributed by atoms with E-state index in [1.165, 1.54) is 6.07 Å². The van der Waals surface area contributed by atoms with Crippen molar-refractivity contribution in [3.63, 3.8) is 0 Å². The Morgan fingerprint density at radius 3 is 2.48 bits per heavy atom. The van der Waals surface area contributed by atoms with E-state index in [0.717, 1.165) is 5.56 Å². The van der Waals surface area contributed by atoms with Crippen molar-refractivity contribution in [3.05, 3.63) is 70.5 Å². The minimum absolute atomic E-state index is 0.118. The summed E-state index contributed by atoms with van der Waals surface area (Å²) in [6, 6.07) is 14.5. The molecule has 0 amide bonds. The third kappa shape index (κ3) is 3.62. The van der Waals surface area contributed by atoms with E-state index in [2.05, 4.69) is 31.4 Å². The van der Waals surface area contributed by atoms with Crippen molar-refractivity contribution in [1.29, 1.82) is 0 Å². The van der Waals surface area contributed by atoms with E-state index in [4.69, 9.17) is 17.4 Å². The largest absolute Gasteiger partial charge is 0.271 e. The molecule has 1 unspecified atom stereocenters. The number of halogens is 2. The van der Waals surface area contributed by atoms with Gasteiger partial charge in [-0.1, -0.05) is 55.8 Å². The van der Waals surface area contributed by atoms with E-state index >= 15 is 0 Å². The van der Waals surface area contributed by atoms with Gasteiger partial charge in [-0.2, -0.15) is 0 Å². The van der Waals surface area contributed by atoms with Crippen molar-refractivity contribution in [2.24, 2.45) is 5.84 Å². The predicted octanol–water partition coefficient (Wildman–Crippen LogP) is 3.83. The Morgan fingerprint density at radius 1 is 1.19 bits per heavy atom. The van der Waals surface area contributed by atoms with Crippen LogP contribution in [0.5, 0.6) is 0 Å². The van der Waals surface area contributed by atoms with Crippen molar-refractivity contribution in [1.82, 2.24) is 5.43 Å². The van der Waals surface area contributed by atoms with Crippen LogP contribution >= 0.6 is 11.6 Å². The van der Waals surface area contributed by atoms with E-state index in [9.17, 15) is 4.39 Å². The van der Waals surface area contributed by atoms with E-state index in [1.807, 2.05) is 18.2 Å². The molecule has 2 aromatic rings. The lowest BCUT2D eigenvalue weighted by molar-refractivity contribution is 0.338. The molecule has 0 bridgehead atoms. The van der Waals surface area contributed by atoms with Crippen molar-refractivity contribution >= 4 is 11.6 Å². The van der Waals surface area contributed by atoms with Crippen molar-refractivity contribution < 1.29 is 4.39 Å². The van der Waals surface area contributed by atoms with Crippen molar-refractivity contribution in [2.75, 3.05) is 0 Å². The summed E-state index contributed by atoms with van der Waals surface area (Å²) in [5, 5.41) is 0.527. The van der Waals surface area contributed by atoms with Crippen LogP contribution in [0.15, 0.2) is 48.5 Å². The second-order valence-electron chi connectivity index (χ2n) is 5.75. The van der Waals surface area contributed by atoms with Crippen LogP contribution in [-0.2, 0) is 11.8 Å². The molecule has 0 saturated carbocycles. The van der Waals surface area contributed by atoms with Gasteiger partial charge in [-0.3, -0.25) is 11.3 Å². The maximum absolute atomic E-state index is 13.9. The summed E-state index contributed by atoms with van der Waals surface area (Å²) in [6.07, 6.45) is 0.463. The van der Waals surface area contributed by atoms with Gasteiger partial charge < -0.3 is 0 Å². The van der Waals surface area contributed by atoms with E-state index in [1.54, 1.807) is 12.1 Å². The molecule has 0 aliphatic heterocycles. The summed E-state index contributed by atoms with van der Waals surface area (Å²) in [7, 11) is 0. The lowest BCUT2D eigenvalue weighted by Gasteiger charge is -2.34. The van der Waals surface area contributed by atoms with Gasteiger partial charge in [0.25, 0.3) is 0 Å². The first-order valence-corrected chi connectivity index (χ1v) is 7.28. The minimum atomic E-state index is -0.261. The SMILES string of the molecule is CC(C)(c1ccccc1)C(Cc1cc(Cl)ccc1F)NN. The summed E-state index contributed by atoms with van der Waals surface area (Å²) in [5.41, 5.74) is 4.29. The zero-order valence-corrected chi connectivity index (χ0v) is 13.0. The molecule has 0 radical (unpaired) electrons. The molecule has 2 nitrogen and oxygen atoms in total. The Kier molecular flexibility index (Phi) is 4.99. The fourth-order valence-electron chi connectivity index (χ4n) is 2.51. The summed E-state index contributed by atoms with van der Waals surface area (Å²) in [6.45, 7) is 4.19. The van der Waals surface area contributed by atoms with Crippen LogP contribution in [0.4, 0.5) is 4.39 Å².